The van der Waals surface area contributed by atoms with Crippen molar-refractivity contribution in [3.05, 3.63) is 17.2 Å². The third-order valence-corrected chi connectivity index (χ3v) is 4.14. The van der Waals surface area contributed by atoms with Crippen LogP contribution in [0.3, 0.4) is 0 Å². The molecule has 2 rings (SSSR count). The van der Waals surface area contributed by atoms with Crippen molar-refractivity contribution in [2.24, 2.45) is 0 Å². The molecule has 1 N–H and O–H groups in total. The van der Waals surface area contributed by atoms with Gasteiger partial charge in [0.15, 0.2) is 0 Å². The number of piperazine rings is 1. The van der Waals surface area contributed by atoms with E-state index in [1.165, 1.54) is 0 Å². The highest BCUT2D eigenvalue weighted by atomic mass is 35.5. The van der Waals surface area contributed by atoms with E-state index in [0.717, 1.165) is 30.9 Å². The van der Waals surface area contributed by atoms with Crippen LogP contribution in [0.15, 0.2) is 12.1 Å². The highest BCUT2D eigenvalue weighted by Gasteiger charge is 2.27. The van der Waals surface area contributed by atoms with E-state index in [1.54, 1.807) is 14.2 Å². The highest BCUT2D eigenvalue weighted by molar-refractivity contribution is 6.32. The molecule has 4 nitrogen and oxygen atoms in total. The third-order valence-electron chi connectivity index (χ3n) is 3.85. The van der Waals surface area contributed by atoms with E-state index in [2.05, 4.69) is 24.1 Å². The zero-order chi connectivity index (χ0) is 14.7. The molecular weight excluding hydrogens is 276 g/mol. The lowest BCUT2D eigenvalue weighted by Crippen LogP contribution is -2.55. The number of anilines is 1. The lowest BCUT2D eigenvalue weighted by molar-refractivity contribution is 0.378. The second-order valence-corrected chi connectivity index (χ2v) is 5.59. The Labute approximate surface area is 126 Å². The quantitative estimate of drug-likeness (QED) is 0.927. The molecule has 1 fully saturated rings. The molecule has 112 valence electrons. The van der Waals surface area contributed by atoms with E-state index in [1.807, 2.05) is 12.1 Å². The number of hydrogen-bond acceptors (Lipinski definition) is 4. The fourth-order valence-corrected chi connectivity index (χ4v) is 2.92. The predicted octanol–water partition coefficient (Wildman–Crippen LogP) is 2.93. The molecule has 0 radical (unpaired) electrons. The average Bonchev–Trinajstić information content (AvgIpc) is 2.46. The summed E-state index contributed by atoms with van der Waals surface area (Å²) in [5.74, 6) is 1.45. The Morgan fingerprint density at radius 1 is 1.30 bits per heavy atom. The molecule has 1 aliphatic rings. The molecule has 0 amide bonds. The molecule has 5 heteroatoms. The summed E-state index contributed by atoms with van der Waals surface area (Å²) in [5, 5.41) is 4.13. The van der Waals surface area contributed by atoms with Crippen LogP contribution in [0, 0.1) is 0 Å². The molecule has 0 saturated carbocycles. The first-order chi connectivity index (χ1) is 9.60. The fourth-order valence-electron chi connectivity index (χ4n) is 2.68. The fraction of sp³-hybridized carbons (Fsp3) is 0.600. The number of benzene rings is 1. The maximum Gasteiger partial charge on any atom is 0.145 e. The first-order valence-electron chi connectivity index (χ1n) is 7.02. The standard InChI is InChI=1S/C15H23ClN2O2/c1-5-11-8-17-10(2)9-18(11)13-6-12(16)14(19-3)7-15(13)20-4/h6-7,10-11,17H,5,8-9H2,1-4H3. The smallest absolute Gasteiger partial charge is 0.145 e. The average molecular weight is 299 g/mol. The van der Waals surface area contributed by atoms with Crippen molar-refractivity contribution in [1.29, 1.82) is 0 Å². The third kappa shape index (κ3) is 2.96. The molecule has 1 aromatic rings. The summed E-state index contributed by atoms with van der Waals surface area (Å²) in [6.07, 6.45) is 1.08. The number of methoxy groups -OCH3 is 2. The summed E-state index contributed by atoms with van der Waals surface area (Å²) in [5.41, 5.74) is 1.04. The van der Waals surface area contributed by atoms with Crippen LogP contribution in [-0.4, -0.2) is 39.4 Å². The molecule has 20 heavy (non-hydrogen) atoms. The number of ether oxygens (including phenoxy) is 2. The van der Waals surface area contributed by atoms with Crippen LogP contribution in [0.2, 0.25) is 5.02 Å². The van der Waals surface area contributed by atoms with Crippen molar-refractivity contribution >= 4 is 17.3 Å². The second-order valence-electron chi connectivity index (χ2n) is 5.18. The van der Waals surface area contributed by atoms with Gasteiger partial charge in [-0.25, -0.2) is 0 Å². The van der Waals surface area contributed by atoms with Gasteiger partial charge in [0, 0.05) is 31.2 Å². The van der Waals surface area contributed by atoms with Gasteiger partial charge >= 0.3 is 0 Å². The molecule has 2 atom stereocenters. The minimum atomic E-state index is 0.448. The van der Waals surface area contributed by atoms with Gasteiger partial charge in [-0.2, -0.15) is 0 Å². The Hall–Kier alpha value is -1.13. The molecule has 0 aliphatic carbocycles. The predicted molar refractivity (Wildman–Crippen MR) is 83.4 cm³/mol. The monoisotopic (exact) mass is 298 g/mol. The lowest BCUT2D eigenvalue weighted by Gasteiger charge is -2.41. The summed E-state index contributed by atoms with van der Waals surface area (Å²) in [6, 6.07) is 4.70. The summed E-state index contributed by atoms with van der Waals surface area (Å²) >= 11 is 6.28. The SMILES string of the molecule is CCC1CNC(C)CN1c1cc(Cl)c(OC)cc1OC. The van der Waals surface area contributed by atoms with Gasteiger partial charge in [-0.15, -0.1) is 0 Å². The maximum absolute atomic E-state index is 6.28. The summed E-state index contributed by atoms with van der Waals surface area (Å²) < 4.78 is 10.8. The lowest BCUT2D eigenvalue weighted by atomic mass is 10.1. The molecule has 2 unspecified atom stereocenters. The highest BCUT2D eigenvalue weighted by Crippen LogP contribution is 2.39. The zero-order valence-corrected chi connectivity index (χ0v) is 13.3. The Kier molecular flexibility index (Phi) is 5.00. The topological polar surface area (TPSA) is 33.7 Å². The maximum atomic E-state index is 6.28. The minimum Gasteiger partial charge on any atom is -0.495 e. The van der Waals surface area contributed by atoms with Gasteiger partial charge in [-0.3, -0.25) is 0 Å². The van der Waals surface area contributed by atoms with Crippen LogP contribution in [0.4, 0.5) is 5.69 Å². The van der Waals surface area contributed by atoms with Gasteiger partial charge in [-0.05, 0) is 19.4 Å². The molecule has 1 aliphatic heterocycles. The van der Waals surface area contributed by atoms with E-state index < -0.39 is 0 Å². The van der Waals surface area contributed by atoms with Gasteiger partial charge in [0.25, 0.3) is 0 Å². The van der Waals surface area contributed by atoms with Crippen LogP contribution in [0.25, 0.3) is 0 Å². The first-order valence-corrected chi connectivity index (χ1v) is 7.40. The Bertz CT molecular complexity index is 467. The number of halogens is 1. The Balaban J connectivity index is 2.41. The molecule has 1 heterocycles. The summed E-state index contributed by atoms with van der Waals surface area (Å²) in [4.78, 5) is 2.38. The number of rotatable bonds is 4. The van der Waals surface area contributed by atoms with E-state index >= 15 is 0 Å². The zero-order valence-electron chi connectivity index (χ0n) is 12.6. The second kappa shape index (κ2) is 6.55. The molecular formula is C15H23ClN2O2. The summed E-state index contributed by atoms with van der Waals surface area (Å²) in [7, 11) is 3.29. The van der Waals surface area contributed by atoms with E-state index in [-0.39, 0.29) is 0 Å². The van der Waals surface area contributed by atoms with Crippen LogP contribution in [0.5, 0.6) is 11.5 Å². The van der Waals surface area contributed by atoms with Gasteiger partial charge < -0.3 is 19.7 Å². The van der Waals surface area contributed by atoms with Crippen molar-refractivity contribution in [3.63, 3.8) is 0 Å². The first kappa shape index (κ1) is 15.3. The van der Waals surface area contributed by atoms with Crippen molar-refractivity contribution in [2.45, 2.75) is 32.4 Å². The molecule has 0 bridgehead atoms. The van der Waals surface area contributed by atoms with E-state index in [0.29, 0.717) is 22.9 Å². The van der Waals surface area contributed by atoms with Crippen LogP contribution in [-0.2, 0) is 0 Å². The van der Waals surface area contributed by atoms with Crippen molar-refractivity contribution in [3.8, 4) is 11.5 Å². The van der Waals surface area contributed by atoms with Gasteiger partial charge in [0.1, 0.15) is 11.5 Å². The van der Waals surface area contributed by atoms with Gasteiger partial charge in [0.2, 0.25) is 0 Å². The largest absolute Gasteiger partial charge is 0.495 e. The van der Waals surface area contributed by atoms with Gasteiger partial charge in [0.05, 0.1) is 24.9 Å². The molecule has 0 aromatic heterocycles. The van der Waals surface area contributed by atoms with Gasteiger partial charge in [-0.1, -0.05) is 18.5 Å². The van der Waals surface area contributed by atoms with E-state index in [9.17, 15) is 0 Å². The van der Waals surface area contributed by atoms with Crippen LogP contribution >= 0.6 is 11.6 Å². The molecule has 1 aromatic carbocycles. The number of nitrogens with one attached hydrogen (secondary N) is 1. The van der Waals surface area contributed by atoms with Crippen LogP contribution < -0.4 is 19.7 Å². The van der Waals surface area contributed by atoms with Crippen LogP contribution in [0.1, 0.15) is 20.3 Å². The van der Waals surface area contributed by atoms with E-state index in [4.69, 9.17) is 21.1 Å². The van der Waals surface area contributed by atoms with Crippen molar-refractivity contribution in [1.82, 2.24) is 5.32 Å². The molecule has 0 spiro atoms. The normalized spacial score (nSPS) is 22.8. The number of nitrogens with zero attached hydrogens (tertiary/aromatic N) is 1. The van der Waals surface area contributed by atoms with Crippen molar-refractivity contribution < 1.29 is 9.47 Å². The Morgan fingerprint density at radius 2 is 2.00 bits per heavy atom. The Morgan fingerprint density at radius 3 is 2.60 bits per heavy atom. The molecule has 1 saturated heterocycles. The van der Waals surface area contributed by atoms with Crippen molar-refractivity contribution in [2.75, 3.05) is 32.2 Å². The number of hydrogen-bond donors (Lipinski definition) is 1. The summed E-state index contributed by atoms with van der Waals surface area (Å²) in [6.45, 7) is 6.31. The minimum absolute atomic E-state index is 0.448.